The van der Waals surface area contributed by atoms with Crippen LogP contribution < -0.4 is 5.73 Å². The summed E-state index contributed by atoms with van der Waals surface area (Å²) in [6.45, 7) is 0. The van der Waals surface area contributed by atoms with Gasteiger partial charge < -0.3 is 10.3 Å². The molecule has 1 saturated carbocycles. The highest BCUT2D eigenvalue weighted by atomic mass is 35.5. The van der Waals surface area contributed by atoms with E-state index in [1.807, 2.05) is 0 Å². The standard InChI is InChI=1S/C15H13ClF3N3O/c16-11-4-2-9(8-10(11)15(17,18)19)3-5-12-21-13(22-23-12)14(20)6-1-7-14/h2-5,8H,1,6-7,20H2/b5-3+. The molecule has 0 atom stereocenters. The summed E-state index contributed by atoms with van der Waals surface area (Å²) in [6.07, 6.45) is 0.994. The molecule has 23 heavy (non-hydrogen) atoms. The summed E-state index contributed by atoms with van der Waals surface area (Å²) in [4.78, 5) is 4.17. The van der Waals surface area contributed by atoms with Crippen LogP contribution in [0.4, 0.5) is 13.2 Å². The maximum Gasteiger partial charge on any atom is 0.417 e. The first-order chi connectivity index (χ1) is 10.8. The molecule has 0 unspecified atom stereocenters. The van der Waals surface area contributed by atoms with Gasteiger partial charge in [0.05, 0.1) is 16.1 Å². The van der Waals surface area contributed by atoms with Gasteiger partial charge in [0.1, 0.15) is 0 Å². The third kappa shape index (κ3) is 3.25. The highest BCUT2D eigenvalue weighted by Gasteiger charge is 2.38. The maximum atomic E-state index is 12.8. The van der Waals surface area contributed by atoms with Crippen LogP contribution in [0.1, 0.15) is 42.1 Å². The highest BCUT2D eigenvalue weighted by Crippen LogP contribution is 2.37. The summed E-state index contributed by atoms with van der Waals surface area (Å²) in [5.41, 5.74) is 4.98. The Labute approximate surface area is 135 Å². The first-order valence-electron chi connectivity index (χ1n) is 6.96. The van der Waals surface area contributed by atoms with Gasteiger partial charge in [-0.2, -0.15) is 18.2 Å². The molecule has 1 fully saturated rings. The second kappa shape index (κ2) is 5.65. The minimum absolute atomic E-state index is 0.195. The van der Waals surface area contributed by atoms with Crippen LogP contribution in [-0.4, -0.2) is 10.1 Å². The lowest BCUT2D eigenvalue weighted by atomic mass is 9.77. The summed E-state index contributed by atoms with van der Waals surface area (Å²) >= 11 is 5.58. The molecule has 122 valence electrons. The van der Waals surface area contributed by atoms with Crippen molar-refractivity contribution in [2.45, 2.75) is 31.0 Å². The normalized spacial score (nSPS) is 17.4. The molecule has 1 heterocycles. The van der Waals surface area contributed by atoms with Gasteiger partial charge in [-0.3, -0.25) is 0 Å². The van der Waals surface area contributed by atoms with Crippen LogP contribution in [0.2, 0.25) is 5.02 Å². The van der Waals surface area contributed by atoms with Crippen molar-refractivity contribution >= 4 is 23.8 Å². The van der Waals surface area contributed by atoms with Crippen LogP contribution in [0.5, 0.6) is 0 Å². The minimum Gasteiger partial charge on any atom is -0.335 e. The van der Waals surface area contributed by atoms with Crippen LogP contribution in [-0.2, 0) is 11.7 Å². The van der Waals surface area contributed by atoms with Gasteiger partial charge >= 0.3 is 6.18 Å². The molecule has 0 radical (unpaired) electrons. The largest absolute Gasteiger partial charge is 0.417 e. The molecule has 1 aromatic carbocycles. The van der Waals surface area contributed by atoms with E-state index >= 15 is 0 Å². The van der Waals surface area contributed by atoms with Crippen molar-refractivity contribution in [3.63, 3.8) is 0 Å². The molecule has 4 nitrogen and oxygen atoms in total. The predicted octanol–water partition coefficient (Wildman–Crippen LogP) is 4.25. The number of nitrogens with zero attached hydrogens (tertiary/aromatic N) is 2. The molecular formula is C15H13ClF3N3O. The number of halogens is 4. The van der Waals surface area contributed by atoms with Crippen molar-refractivity contribution in [2.24, 2.45) is 5.73 Å². The molecule has 1 aromatic heterocycles. The number of aromatic nitrogens is 2. The second-order valence-electron chi connectivity index (χ2n) is 5.54. The number of benzene rings is 1. The van der Waals surface area contributed by atoms with Gasteiger partial charge in [0.2, 0.25) is 0 Å². The smallest absolute Gasteiger partial charge is 0.335 e. The average molecular weight is 344 g/mol. The fourth-order valence-electron chi connectivity index (χ4n) is 2.32. The zero-order valence-corrected chi connectivity index (χ0v) is 12.7. The van der Waals surface area contributed by atoms with E-state index < -0.39 is 17.3 Å². The van der Waals surface area contributed by atoms with Gasteiger partial charge in [-0.15, -0.1) is 0 Å². The molecule has 3 rings (SSSR count). The van der Waals surface area contributed by atoms with E-state index in [2.05, 4.69) is 10.1 Å². The molecule has 8 heteroatoms. The van der Waals surface area contributed by atoms with E-state index in [1.165, 1.54) is 24.3 Å². The number of hydrogen-bond donors (Lipinski definition) is 1. The van der Waals surface area contributed by atoms with E-state index in [9.17, 15) is 13.2 Å². The van der Waals surface area contributed by atoms with Crippen molar-refractivity contribution in [3.8, 4) is 0 Å². The van der Waals surface area contributed by atoms with Crippen molar-refractivity contribution in [1.29, 1.82) is 0 Å². The third-order valence-corrected chi connectivity index (χ3v) is 4.18. The fourth-order valence-corrected chi connectivity index (χ4v) is 2.54. The second-order valence-corrected chi connectivity index (χ2v) is 5.94. The Morgan fingerprint density at radius 2 is 2.00 bits per heavy atom. The third-order valence-electron chi connectivity index (χ3n) is 3.85. The molecule has 0 aliphatic heterocycles. The van der Waals surface area contributed by atoms with Crippen LogP contribution in [0.15, 0.2) is 22.7 Å². The Hall–Kier alpha value is -1.86. The van der Waals surface area contributed by atoms with Gasteiger partial charge in [0.25, 0.3) is 5.89 Å². The van der Waals surface area contributed by atoms with Crippen molar-refractivity contribution in [3.05, 3.63) is 46.1 Å². The Bertz CT molecular complexity index is 751. The van der Waals surface area contributed by atoms with Crippen LogP contribution in [0.25, 0.3) is 12.2 Å². The molecular weight excluding hydrogens is 331 g/mol. The van der Waals surface area contributed by atoms with Crippen LogP contribution in [0, 0.1) is 0 Å². The van der Waals surface area contributed by atoms with E-state index in [1.54, 1.807) is 0 Å². The summed E-state index contributed by atoms with van der Waals surface area (Å²) in [5, 5.41) is 3.49. The Morgan fingerprint density at radius 3 is 2.61 bits per heavy atom. The summed E-state index contributed by atoms with van der Waals surface area (Å²) in [5.74, 6) is 0.621. The maximum absolute atomic E-state index is 12.8. The van der Waals surface area contributed by atoms with Crippen molar-refractivity contribution < 1.29 is 17.7 Å². The summed E-state index contributed by atoms with van der Waals surface area (Å²) < 4.78 is 43.5. The molecule has 0 bridgehead atoms. The fraction of sp³-hybridized carbons (Fsp3) is 0.333. The topological polar surface area (TPSA) is 64.9 Å². The number of rotatable bonds is 3. The lowest BCUT2D eigenvalue weighted by Crippen LogP contribution is -2.44. The Balaban J connectivity index is 1.81. The predicted molar refractivity (Wildman–Crippen MR) is 79.4 cm³/mol. The summed E-state index contributed by atoms with van der Waals surface area (Å²) in [7, 11) is 0. The SMILES string of the molecule is NC1(c2noc(/C=C/c3ccc(Cl)c(C(F)(F)F)c3)n2)CCC1. The number of alkyl halides is 3. The van der Waals surface area contributed by atoms with Gasteiger partial charge in [-0.05, 0) is 43.0 Å². The van der Waals surface area contributed by atoms with Gasteiger partial charge in [0.15, 0.2) is 5.82 Å². The zero-order chi connectivity index (χ0) is 16.7. The molecule has 2 aromatic rings. The number of nitrogens with two attached hydrogens (primary N) is 1. The molecule has 0 spiro atoms. The van der Waals surface area contributed by atoms with E-state index in [-0.39, 0.29) is 10.9 Å². The highest BCUT2D eigenvalue weighted by molar-refractivity contribution is 6.31. The van der Waals surface area contributed by atoms with Gasteiger partial charge in [0, 0.05) is 6.08 Å². The van der Waals surface area contributed by atoms with Gasteiger partial charge in [-0.25, -0.2) is 0 Å². The van der Waals surface area contributed by atoms with E-state index in [0.717, 1.165) is 25.3 Å². The molecule has 0 saturated heterocycles. The average Bonchev–Trinajstić information content (AvgIpc) is 2.92. The molecule has 1 aliphatic rings. The number of hydrogen-bond acceptors (Lipinski definition) is 4. The zero-order valence-electron chi connectivity index (χ0n) is 11.9. The lowest BCUT2D eigenvalue weighted by Gasteiger charge is -2.34. The monoisotopic (exact) mass is 343 g/mol. The van der Waals surface area contributed by atoms with E-state index in [0.29, 0.717) is 11.4 Å². The molecule has 1 aliphatic carbocycles. The summed E-state index contributed by atoms with van der Waals surface area (Å²) in [6, 6.07) is 3.64. The quantitative estimate of drug-likeness (QED) is 0.904. The lowest BCUT2D eigenvalue weighted by molar-refractivity contribution is -0.137. The molecule has 2 N–H and O–H groups in total. The van der Waals surface area contributed by atoms with Crippen LogP contribution in [0.3, 0.4) is 0 Å². The molecule has 0 amide bonds. The van der Waals surface area contributed by atoms with E-state index in [4.69, 9.17) is 21.9 Å². The Kier molecular flexibility index (Phi) is 3.93. The van der Waals surface area contributed by atoms with Gasteiger partial charge in [-0.1, -0.05) is 22.8 Å². The van der Waals surface area contributed by atoms with Crippen LogP contribution >= 0.6 is 11.6 Å². The first kappa shape index (κ1) is 16.0. The van der Waals surface area contributed by atoms with Crippen molar-refractivity contribution in [1.82, 2.24) is 10.1 Å². The first-order valence-corrected chi connectivity index (χ1v) is 7.34. The van der Waals surface area contributed by atoms with Crippen molar-refractivity contribution in [2.75, 3.05) is 0 Å². The Morgan fingerprint density at radius 1 is 1.26 bits per heavy atom. The minimum atomic E-state index is -4.51.